The summed E-state index contributed by atoms with van der Waals surface area (Å²) in [6.07, 6.45) is 0.820. The molecule has 0 unspecified atom stereocenters. The Balaban J connectivity index is 2.31. The Bertz CT molecular complexity index is 307. The Morgan fingerprint density at radius 1 is 1.23 bits per heavy atom. The normalized spacial score (nSPS) is 16.2. The van der Waals surface area contributed by atoms with E-state index in [9.17, 15) is 4.79 Å². The zero-order valence-electron chi connectivity index (χ0n) is 7.10. The molecule has 3 nitrogen and oxygen atoms in total. The zero-order valence-corrected chi connectivity index (χ0v) is 7.10. The predicted molar refractivity (Wildman–Crippen MR) is 49.1 cm³/mol. The van der Waals surface area contributed by atoms with Crippen LogP contribution in [0.15, 0.2) is 24.3 Å². The second kappa shape index (κ2) is 3.72. The van der Waals surface area contributed by atoms with Gasteiger partial charge in [-0.05, 0) is 5.46 Å². The molecule has 0 atom stereocenters. The van der Waals surface area contributed by atoms with Crippen molar-refractivity contribution in [2.24, 2.45) is 0 Å². The maximum atomic E-state index is 10.7. The molecule has 1 fully saturated rings. The molecule has 0 bridgehead atoms. The second-order valence-corrected chi connectivity index (χ2v) is 2.82. The molecule has 13 heavy (non-hydrogen) atoms. The first kappa shape index (κ1) is 8.47. The predicted octanol–water partition coefficient (Wildman–Crippen LogP) is 0.241. The third-order valence-corrected chi connectivity index (χ3v) is 2.00. The van der Waals surface area contributed by atoms with E-state index in [4.69, 9.17) is 9.31 Å². The summed E-state index contributed by atoms with van der Waals surface area (Å²) in [4.78, 5) is 10.7. The third kappa shape index (κ3) is 1.64. The van der Waals surface area contributed by atoms with Gasteiger partial charge >= 0.3 is 7.12 Å². The minimum Gasteiger partial charge on any atom is -0.405 e. The Labute approximate surface area is 76.8 Å². The van der Waals surface area contributed by atoms with Crippen LogP contribution in [-0.2, 0) is 9.31 Å². The molecule has 0 spiro atoms. The second-order valence-electron chi connectivity index (χ2n) is 2.82. The molecule has 4 heteroatoms. The molecule has 2 rings (SSSR count). The van der Waals surface area contributed by atoms with Gasteiger partial charge < -0.3 is 9.31 Å². The highest BCUT2D eigenvalue weighted by molar-refractivity contribution is 6.63. The minimum absolute atomic E-state index is 0.360. The molecule has 1 aromatic rings. The summed E-state index contributed by atoms with van der Waals surface area (Å²) in [7, 11) is -0.360. The van der Waals surface area contributed by atoms with Crippen molar-refractivity contribution in [3.05, 3.63) is 29.8 Å². The van der Waals surface area contributed by atoms with E-state index in [2.05, 4.69) is 0 Å². The number of hydrogen-bond acceptors (Lipinski definition) is 3. The van der Waals surface area contributed by atoms with Crippen molar-refractivity contribution in [2.45, 2.75) is 0 Å². The SMILES string of the molecule is O=Cc1ccccc1B1OCCO1. The number of carbonyl (C=O) groups excluding carboxylic acids is 1. The van der Waals surface area contributed by atoms with Gasteiger partial charge in [-0.2, -0.15) is 0 Å². The third-order valence-electron chi connectivity index (χ3n) is 2.00. The maximum Gasteiger partial charge on any atom is 0.494 e. The molecule has 0 N–H and O–H groups in total. The average molecular weight is 176 g/mol. The lowest BCUT2D eigenvalue weighted by molar-refractivity contribution is 0.112. The van der Waals surface area contributed by atoms with E-state index in [0.717, 1.165) is 11.7 Å². The van der Waals surface area contributed by atoms with Gasteiger partial charge in [0.2, 0.25) is 0 Å². The molecular weight excluding hydrogens is 167 g/mol. The Morgan fingerprint density at radius 3 is 2.62 bits per heavy atom. The summed E-state index contributed by atoms with van der Waals surface area (Å²) in [5, 5.41) is 0. The number of hydrogen-bond donors (Lipinski definition) is 0. The Morgan fingerprint density at radius 2 is 1.92 bits per heavy atom. The van der Waals surface area contributed by atoms with E-state index >= 15 is 0 Å². The van der Waals surface area contributed by atoms with Gasteiger partial charge in [-0.1, -0.05) is 24.3 Å². The Hall–Kier alpha value is -1.13. The topological polar surface area (TPSA) is 35.5 Å². The van der Waals surface area contributed by atoms with Crippen molar-refractivity contribution in [1.29, 1.82) is 0 Å². The van der Waals surface area contributed by atoms with Crippen LogP contribution in [0.2, 0.25) is 0 Å². The van der Waals surface area contributed by atoms with Gasteiger partial charge in [-0.15, -0.1) is 0 Å². The first-order valence-electron chi connectivity index (χ1n) is 4.19. The quantitative estimate of drug-likeness (QED) is 0.478. The molecule has 0 aliphatic carbocycles. The number of carbonyl (C=O) groups is 1. The van der Waals surface area contributed by atoms with E-state index < -0.39 is 0 Å². The summed E-state index contributed by atoms with van der Waals surface area (Å²) in [6.45, 7) is 1.19. The van der Waals surface area contributed by atoms with Gasteiger partial charge in [-0.3, -0.25) is 4.79 Å². The molecule has 1 heterocycles. The molecule has 1 aliphatic heterocycles. The lowest BCUT2D eigenvalue weighted by atomic mass is 9.76. The molecule has 1 aromatic carbocycles. The van der Waals surface area contributed by atoms with Gasteiger partial charge in [0.1, 0.15) is 6.29 Å². The van der Waals surface area contributed by atoms with E-state index in [0.29, 0.717) is 18.8 Å². The van der Waals surface area contributed by atoms with Crippen LogP contribution in [0, 0.1) is 0 Å². The van der Waals surface area contributed by atoms with Crippen LogP contribution in [0.25, 0.3) is 0 Å². The molecule has 1 aliphatic rings. The van der Waals surface area contributed by atoms with Crippen molar-refractivity contribution in [3.8, 4) is 0 Å². The van der Waals surface area contributed by atoms with E-state index in [1.54, 1.807) is 6.07 Å². The van der Waals surface area contributed by atoms with Crippen molar-refractivity contribution in [1.82, 2.24) is 0 Å². The fourth-order valence-corrected chi connectivity index (χ4v) is 1.37. The van der Waals surface area contributed by atoms with Gasteiger partial charge in [0, 0.05) is 5.56 Å². The fraction of sp³-hybridized carbons (Fsp3) is 0.222. The maximum absolute atomic E-state index is 10.7. The van der Waals surface area contributed by atoms with Crippen molar-refractivity contribution in [3.63, 3.8) is 0 Å². The number of benzene rings is 1. The zero-order chi connectivity index (χ0) is 9.10. The van der Waals surface area contributed by atoms with Gasteiger partial charge in [0.05, 0.1) is 13.2 Å². The van der Waals surface area contributed by atoms with Crippen LogP contribution in [0.5, 0.6) is 0 Å². The van der Waals surface area contributed by atoms with E-state index in [-0.39, 0.29) is 7.12 Å². The van der Waals surface area contributed by atoms with E-state index in [1.807, 2.05) is 18.2 Å². The highest BCUT2D eigenvalue weighted by Gasteiger charge is 2.27. The summed E-state index contributed by atoms with van der Waals surface area (Å²) < 4.78 is 10.6. The molecule has 0 radical (unpaired) electrons. The largest absolute Gasteiger partial charge is 0.494 e. The van der Waals surface area contributed by atoms with Gasteiger partial charge in [0.15, 0.2) is 0 Å². The van der Waals surface area contributed by atoms with Crippen LogP contribution in [0.4, 0.5) is 0 Å². The standard InChI is InChI=1S/C9H9BO3/c11-7-8-3-1-2-4-9(8)10-12-5-6-13-10/h1-4,7H,5-6H2. The van der Waals surface area contributed by atoms with Crippen molar-refractivity contribution >= 4 is 18.9 Å². The minimum atomic E-state index is -0.360. The molecule has 0 saturated carbocycles. The molecule has 0 amide bonds. The first-order chi connectivity index (χ1) is 6.42. The monoisotopic (exact) mass is 176 g/mol. The number of rotatable bonds is 2. The summed E-state index contributed by atoms with van der Waals surface area (Å²) in [6, 6.07) is 7.29. The molecule has 66 valence electrons. The van der Waals surface area contributed by atoms with Crippen LogP contribution in [0.3, 0.4) is 0 Å². The van der Waals surface area contributed by atoms with Crippen LogP contribution in [-0.4, -0.2) is 26.6 Å². The number of aldehydes is 1. The Kier molecular flexibility index (Phi) is 2.43. The van der Waals surface area contributed by atoms with Crippen LogP contribution in [0.1, 0.15) is 10.4 Å². The highest BCUT2D eigenvalue weighted by atomic mass is 16.6. The molecule has 0 aromatic heterocycles. The van der Waals surface area contributed by atoms with Crippen molar-refractivity contribution in [2.75, 3.05) is 13.2 Å². The smallest absolute Gasteiger partial charge is 0.405 e. The highest BCUT2D eigenvalue weighted by Crippen LogP contribution is 2.03. The van der Waals surface area contributed by atoms with E-state index in [1.165, 1.54) is 0 Å². The average Bonchev–Trinajstić information content (AvgIpc) is 2.70. The van der Waals surface area contributed by atoms with Crippen LogP contribution >= 0.6 is 0 Å². The van der Waals surface area contributed by atoms with Gasteiger partial charge in [0.25, 0.3) is 0 Å². The van der Waals surface area contributed by atoms with Crippen LogP contribution < -0.4 is 5.46 Å². The lowest BCUT2D eigenvalue weighted by Gasteiger charge is -2.05. The fourth-order valence-electron chi connectivity index (χ4n) is 1.37. The molecular formula is C9H9BO3. The summed E-state index contributed by atoms with van der Waals surface area (Å²) in [5.74, 6) is 0. The van der Waals surface area contributed by atoms with Gasteiger partial charge in [-0.25, -0.2) is 0 Å². The summed E-state index contributed by atoms with van der Waals surface area (Å²) in [5.41, 5.74) is 1.45. The first-order valence-corrected chi connectivity index (χ1v) is 4.19. The summed E-state index contributed by atoms with van der Waals surface area (Å²) >= 11 is 0. The molecule has 1 saturated heterocycles. The van der Waals surface area contributed by atoms with Crippen molar-refractivity contribution < 1.29 is 14.1 Å². The lowest BCUT2D eigenvalue weighted by Crippen LogP contribution is -2.34.